The maximum Gasteiger partial charge on any atom is 0.331 e. The highest BCUT2D eigenvalue weighted by Crippen LogP contribution is 2.21. The molecule has 2 heterocycles. The Hall–Kier alpha value is -3.87. The van der Waals surface area contributed by atoms with Crippen molar-refractivity contribution in [2.24, 2.45) is 0 Å². The lowest BCUT2D eigenvalue weighted by Gasteiger charge is -2.15. The third kappa shape index (κ3) is 3.16. The number of carboxylic acids is 1. The number of fused-ring (bicyclic) bond motifs is 2. The molecule has 4 rings (SSSR count). The topological polar surface area (TPSA) is 97.1 Å². The van der Waals surface area contributed by atoms with Crippen LogP contribution < -0.4 is 11.2 Å². The molecule has 29 heavy (non-hydrogen) atoms. The molecule has 0 bridgehead atoms. The molecule has 2 aromatic heterocycles. The Morgan fingerprint density at radius 1 is 1.10 bits per heavy atom. The largest absolute Gasteiger partial charge is 0.481 e. The first-order valence-corrected chi connectivity index (χ1v) is 9.17. The van der Waals surface area contributed by atoms with Gasteiger partial charge in [-0.15, -0.1) is 0 Å². The van der Waals surface area contributed by atoms with Crippen molar-refractivity contribution in [3.05, 3.63) is 87.2 Å². The van der Waals surface area contributed by atoms with Gasteiger partial charge < -0.3 is 10.1 Å². The predicted octanol–water partition coefficient (Wildman–Crippen LogP) is 2.81. The quantitative estimate of drug-likeness (QED) is 0.530. The standard InChI is InChI=1S/C22H19N3O4/c1-2-14-6-5-9-18-20(14)21(28)24(11-10-19(26)27)22(29)25(18)13-15-12-23-17-8-4-3-7-16(15)17/h2-9,12,23H,1,10-11,13H2,(H,26,27). The number of para-hydroxylation sites is 1. The molecule has 0 saturated heterocycles. The minimum Gasteiger partial charge on any atom is -0.481 e. The molecular weight excluding hydrogens is 370 g/mol. The molecule has 7 heteroatoms. The van der Waals surface area contributed by atoms with Gasteiger partial charge in [0.1, 0.15) is 0 Å². The molecule has 2 N–H and O–H groups in total. The Labute approximate surface area is 165 Å². The molecule has 0 atom stereocenters. The molecule has 0 aliphatic carbocycles. The van der Waals surface area contributed by atoms with E-state index in [0.717, 1.165) is 21.0 Å². The van der Waals surface area contributed by atoms with E-state index in [0.29, 0.717) is 16.5 Å². The molecule has 2 aromatic carbocycles. The van der Waals surface area contributed by atoms with Crippen molar-refractivity contribution >= 4 is 33.9 Å². The van der Waals surface area contributed by atoms with Gasteiger partial charge in [0.05, 0.1) is 23.9 Å². The number of hydrogen-bond donors (Lipinski definition) is 2. The minimum absolute atomic E-state index is 0.192. The van der Waals surface area contributed by atoms with Crippen LogP contribution in [-0.4, -0.2) is 25.2 Å². The van der Waals surface area contributed by atoms with Gasteiger partial charge in [-0.1, -0.05) is 43.0 Å². The summed E-state index contributed by atoms with van der Waals surface area (Å²) in [6.07, 6.45) is 3.09. The van der Waals surface area contributed by atoms with Crippen LogP contribution in [0.4, 0.5) is 0 Å². The van der Waals surface area contributed by atoms with E-state index < -0.39 is 17.2 Å². The number of carbonyl (C=O) groups is 1. The van der Waals surface area contributed by atoms with Gasteiger partial charge in [0.15, 0.2) is 0 Å². The Morgan fingerprint density at radius 3 is 2.66 bits per heavy atom. The number of rotatable bonds is 6. The zero-order valence-corrected chi connectivity index (χ0v) is 15.6. The smallest absolute Gasteiger partial charge is 0.331 e. The summed E-state index contributed by atoms with van der Waals surface area (Å²) in [7, 11) is 0. The average molecular weight is 389 g/mol. The predicted molar refractivity (Wildman–Crippen MR) is 112 cm³/mol. The minimum atomic E-state index is -1.07. The van der Waals surface area contributed by atoms with Crippen molar-refractivity contribution in [2.75, 3.05) is 0 Å². The van der Waals surface area contributed by atoms with E-state index in [1.165, 1.54) is 4.57 Å². The van der Waals surface area contributed by atoms with Gasteiger partial charge in [-0.2, -0.15) is 0 Å². The summed E-state index contributed by atoms with van der Waals surface area (Å²) in [4.78, 5) is 40.4. The van der Waals surface area contributed by atoms with Crippen LogP contribution in [0.1, 0.15) is 17.5 Å². The summed E-state index contributed by atoms with van der Waals surface area (Å²) in [6.45, 7) is 3.81. The third-order valence-electron chi connectivity index (χ3n) is 5.06. The number of aromatic amines is 1. The SMILES string of the molecule is C=Cc1cccc2c1c(=O)n(CCC(=O)O)c(=O)n2Cc1c[nH]c2ccccc12. The summed E-state index contributed by atoms with van der Waals surface area (Å²) in [5, 5.41) is 10.4. The number of H-pyrrole nitrogens is 1. The summed E-state index contributed by atoms with van der Waals surface area (Å²) < 4.78 is 2.51. The number of aliphatic carboxylic acids is 1. The molecule has 0 aliphatic rings. The fourth-order valence-electron chi connectivity index (χ4n) is 3.65. The van der Waals surface area contributed by atoms with Crippen molar-refractivity contribution in [3.8, 4) is 0 Å². The number of aromatic nitrogens is 3. The van der Waals surface area contributed by atoms with Crippen LogP contribution in [0.2, 0.25) is 0 Å². The second-order valence-electron chi connectivity index (χ2n) is 6.77. The van der Waals surface area contributed by atoms with E-state index in [-0.39, 0.29) is 19.5 Å². The monoisotopic (exact) mass is 389 g/mol. The molecule has 0 radical (unpaired) electrons. The number of carboxylic acid groups (broad SMARTS) is 1. The van der Waals surface area contributed by atoms with E-state index in [4.69, 9.17) is 5.11 Å². The summed E-state index contributed by atoms with van der Waals surface area (Å²) >= 11 is 0. The zero-order chi connectivity index (χ0) is 20.5. The summed E-state index contributed by atoms with van der Waals surface area (Å²) in [6, 6.07) is 13.0. The molecule has 0 fully saturated rings. The normalized spacial score (nSPS) is 11.2. The fraction of sp³-hybridized carbons (Fsp3) is 0.136. The van der Waals surface area contributed by atoms with E-state index in [9.17, 15) is 14.4 Å². The van der Waals surface area contributed by atoms with Crippen molar-refractivity contribution < 1.29 is 9.90 Å². The molecule has 0 unspecified atom stereocenters. The number of hydrogen-bond acceptors (Lipinski definition) is 3. The molecule has 7 nitrogen and oxygen atoms in total. The zero-order valence-electron chi connectivity index (χ0n) is 15.6. The Kier molecular flexibility index (Phi) is 4.64. The van der Waals surface area contributed by atoms with Gasteiger partial charge in [-0.25, -0.2) is 4.79 Å². The average Bonchev–Trinajstić information content (AvgIpc) is 3.13. The number of nitrogens with one attached hydrogen (secondary N) is 1. The second kappa shape index (κ2) is 7.27. The Balaban J connectivity index is 1.99. The Bertz CT molecular complexity index is 1370. The molecule has 4 aromatic rings. The highest BCUT2D eigenvalue weighted by atomic mass is 16.4. The van der Waals surface area contributed by atoms with Gasteiger partial charge in [-0.3, -0.25) is 18.7 Å². The van der Waals surface area contributed by atoms with Gasteiger partial charge in [-0.05, 0) is 23.3 Å². The maximum absolute atomic E-state index is 13.2. The summed E-state index contributed by atoms with van der Waals surface area (Å²) in [5.41, 5.74) is 1.91. The molecule has 0 aliphatic heterocycles. The van der Waals surface area contributed by atoms with E-state index in [1.807, 2.05) is 30.5 Å². The van der Waals surface area contributed by atoms with Crippen molar-refractivity contribution in [3.63, 3.8) is 0 Å². The number of nitrogens with zero attached hydrogens (tertiary/aromatic N) is 2. The first-order valence-electron chi connectivity index (χ1n) is 9.17. The van der Waals surface area contributed by atoms with Crippen LogP contribution in [0.15, 0.2) is 64.8 Å². The van der Waals surface area contributed by atoms with Crippen LogP contribution in [-0.2, 0) is 17.9 Å². The molecule has 0 spiro atoms. The fourth-order valence-corrected chi connectivity index (χ4v) is 3.65. The summed E-state index contributed by atoms with van der Waals surface area (Å²) in [5.74, 6) is -1.07. The highest BCUT2D eigenvalue weighted by Gasteiger charge is 2.17. The van der Waals surface area contributed by atoms with Crippen LogP contribution in [0.5, 0.6) is 0 Å². The van der Waals surface area contributed by atoms with E-state index >= 15 is 0 Å². The van der Waals surface area contributed by atoms with Crippen molar-refractivity contribution in [1.82, 2.24) is 14.1 Å². The second-order valence-corrected chi connectivity index (χ2v) is 6.77. The first kappa shape index (κ1) is 18.5. The van der Waals surface area contributed by atoms with Gasteiger partial charge in [0.25, 0.3) is 5.56 Å². The van der Waals surface area contributed by atoms with Crippen LogP contribution in [0.3, 0.4) is 0 Å². The van der Waals surface area contributed by atoms with Crippen LogP contribution in [0, 0.1) is 0 Å². The lowest BCUT2D eigenvalue weighted by molar-refractivity contribution is -0.137. The van der Waals surface area contributed by atoms with Crippen molar-refractivity contribution in [1.29, 1.82) is 0 Å². The lowest BCUT2D eigenvalue weighted by atomic mass is 10.1. The van der Waals surface area contributed by atoms with Gasteiger partial charge >= 0.3 is 11.7 Å². The van der Waals surface area contributed by atoms with Gasteiger partial charge in [0.2, 0.25) is 0 Å². The Morgan fingerprint density at radius 2 is 1.90 bits per heavy atom. The third-order valence-corrected chi connectivity index (χ3v) is 5.06. The van der Waals surface area contributed by atoms with Crippen molar-refractivity contribution in [2.45, 2.75) is 19.5 Å². The lowest BCUT2D eigenvalue weighted by Crippen LogP contribution is -2.41. The molecule has 146 valence electrons. The first-order chi connectivity index (χ1) is 14.0. The molecular formula is C22H19N3O4. The van der Waals surface area contributed by atoms with Gasteiger partial charge in [0, 0.05) is 23.6 Å². The molecule has 0 amide bonds. The van der Waals surface area contributed by atoms with E-state index in [1.54, 1.807) is 24.3 Å². The van der Waals surface area contributed by atoms with Crippen LogP contribution in [0.25, 0.3) is 27.9 Å². The maximum atomic E-state index is 13.2. The highest BCUT2D eigenvalue weighted by molar-refractivity contribution is 5.88. The number of benzene rings is 2. The van der Waals surface area contributed by atoms with E-state index in [2.05, 4.69) is 11.6 Å². The van der Waals surface area contributed by atoms with Crippen LogP contribution >= 0.6 is 0 Å². The molecule has 0 saturated carbocycles.